The third-order valence-electron chi connectivity index (χ3n) is 5.08. The van der Waals surface area contributed by atoms with Crippen LogP contribution in [0.4, 0.5) is 0 Å². The number of thiocarbonyl (C=S) groups is 1. The van der Waals surface area contributed by atoms with Crippen molar-refractivity contribution in [2.24, 2.45) is 7.05 Å². The predicted octanol–water partition coefficient (Wildman–Crippen LogP) is 4.04. The van der Waals surface area contributed by atoms with Crippen LogP contribution >= 0.6 is 24.0 Å². The Labute approximate surface area is 183 Å². The van der Waals surface area contributed by atoms with Crippen LogP contribution in [0.2, 0.25) is 0 Å². The van der Waals surface area contributed by atoms with Crippen molar-refractivity contribution in [2.75, 3.05) is 7.11 Å². The van der Waals surface area contributed by atoms with Gasteiger partial charge in [-0.1, -0.05) is 30.0 Å². The number of hydrogen-bond donors (Lipinski definition) is 1. The highest BCUT2D eigenvalue weighted by Gasteiger charge is 2.34. The Morgan fingerprint density at radius 3 is 2.57 bits per heavy atom. The van der Waals surface area contributed by atoms with E-state index in [4.69, 9.17) is 17.0 Å². The zero-order valence-corrected chi connectivity index (χ0v) is 18.3. The lowest BCUT2D eigenvalue weighted by molar-refractivity contribution is -0.123. The number of ether oxygens (including phenoxy) is 1. The number of aryl methyl sites for hydroxylation is 1. The van der Waals surface area contributed by atoms with E-state index >= 15 is 0 Å². The van der Waals surface area contributed by atoms with E-state index in [9.17, 15) is 9.59 Å². The van der Waals surface area contributed by atoms with Crippen LogP contribution < -0.4 is 10.2 Å². The van der Waals surface area contributed by atoms with Crippen molar-refractivity contribution >= 4 is 57.1 Å². The van der Waals surface area contributed by atoms with Gasteiger partial charge in [0, 0.05) is 34.8 Å². The first-order valence-corrected chi connectivity index (χ1v) is 10.4. The van der Waals surface area contributed by atoms with E-state index in [1.54, 1.807) is 31.4 Å². The molecule has 2 amide bonds. The molecule has 3 aromatic rings. The summed E-state index contributed by atoms with van der Waals surface area (Å²) in [6, 6.07) is 14.6. The molecule has 0 aliphatic carbocycles. The lowest BCUT2D eigenvalue weighted by atomic mass is 10.1. The van der Waals surface area contributed by atoms with E-state index < -0.39 is 5.91 Å². The van der Waals surface area contributed by atoms with Crippen molar-refractivity contribution in [1.82, 2.24) is 15.0 Å². The van der Waals surface area contributed by atoms with Crippen LogP contribution in [0.15, 0.2) is 53.4 Å². The number of rotatable bonds is 4. The van der Waals surface area contributed by atoms with Gasteiger partial charge in [-0.05, 0) is 55.5 Å². The fraction of sp³-hybridized carbons (Fsp3) is 0.136. The molecule has 1 N–H and O–H groups in total. The third kappa shape index (κ3) is 3.48. The van der Waals surface area contributed by atoms with E-state index in [2.05, 4.69) is 9.99 Å². The molecule has 0 saturated carbocycles. The highest BCUT2D eigenvalue weighted by atomic mass is 32.2. The molecule has 152 valence electrons. The number of carbonyl (C=O) groups is 2. The molecule has 1 aliphatic rings. The Morgan fingerprint density at radius 1 is 1.17 bits per heavy atom. The van der Waals surface area contributed by atoms with Gasteiger partial charge in [0.05, 0.1) is 12.0 Å². The van der Waals surface area contributed by atoms with Gasteiger partial charge in [-0.15, -0.1) is 0 Å². The molecule has 1 aromatic heterocycles. The van der Waals surface area contributed by atoms with E-state index in [1.807, 2.05) is 44.3 Å². The number of para-hydroxylation sites is 1. The fourth-order valence-corrected chi connectivity index (χ4v) is 4.50. The molecule has 2 heterocycles. The Hall–Kier alpha value is -3.10. The molecule has 6 nitrogen and oxygen atoms in total. The van der Waals surface area contributed by atoms with Gasteiger partial charge in [0.25, 0.3) is 11.8 Å². The van der Waals surface area contributed by atoms with Gasteiger partial charge in [-0.25, -0.2) is 0 Å². The van der Waals surface area contributed by atoms with Gasteiger partial charge >= 0.3 is 0 Å². The average Bonchev–Trinajstić information content (AvgIpc) is 3.16. The van der Waals surface area contributed by atoms with Crippen molar-refractivity contribution in [2.45, 2.75) is 6.92 Å². The van der Waals surface area contributed by atoms with Gasteiger partial charge in [0.15, 0.2) is 4.32 Å². The van der Waals surface area contributed by atoms with Crippen molar-refractivity contribution in [1.29, 1.82) is 0 Å². The van der Waals surface area contributed by atoms with Gasteiger partial charge in [0.1, 0.15) is 5.75 Å². The Kier molecular flexibility index (Phi) is 5.36. The molecular weight excluding hydrogens is 418 g/mol. The molecule has 0 atom stereocenters. The van der Waals surface area contributed by atoms with Crippen molar-refractivity contribution < 1.29 is 14.3 Å². The summed E-state index contributed by atoms with van der Waals surface area (Å²) in [5.41, 5.74) is 6.10. The van der Waals surface area contributed by atoms with Crippen molar-refractivity contribution in [3.8, 4) is 5.75 Å². The molecule has 0 unspecified atom stereocenters. The number of thioether (sulfide) groups is 1. The SMILES string of the molecule is COc1ccc(C(=O)NN2C(=O)/C(=C/c3c(C)n(C)c4ccccc34)SC2=S)cc1. The number of methoxy groups -OCH3 is 1. The Balaban J connectivity index is 1.60. The summed E-state index contributed by atoms with van der Waals surface area (Å²) in [6.07, 6.45) is 1.84. The van der Waals surface area contributed by atoms with Crippen LogP contribution in [-0.4, -0.2) is 32.8 Å². The standard InChI is InChI=1S/C22H19N3O3S2/c1-13-17(16-6-4-5-7-18(16)24(13)2)12-19-21(27)25(22(29)30-19)23-20(26)14-8-10-15(28-3)11-9-14/h4-12H,1-3H3,(H,23,26)/b19-12-. The number of nitrogens with one attached hydrogen (secondary N) is 1. The lowest BCUT2D eigenvalue weighted by Gasteiger charge is -2.15. The number of hydrogen-bond acceptors (Lipinski definition) is 5. The van der Waals surface area contributed by atoms with Crippen LogP contribution in [0.1, 0.15) is 21.6 Å². The third-order valence-corrected chi connectivity index (χ3v) is 6.39. The number of hydrazine groups is 1. The largest absolute Gasteiger partial charge is 0.497 e. The Bertz CT molecular complexity index is 1210. The summed E-state index contributed by atoms with van der Waals surface area (Å²) in [4.78, 5) is 26.0. The summed E-state index contributed by atoms with van der Waals surface area (Å²) in [6.45, 7) is 2.01. The lowest BCUT2D eigenvalue weighted by Crippen LogP contribution is -2.44. The number of benzene rings is 2. The average molecular weight is 438 g/mol. The number of amides is 2. The normalized spacial score (nSPS) is 15.3. The molecule has 1 aliphatic heterocycles. The van der Waals surface area contributed by atoms with Crippen LogP contribution in [0.5, 0.6) is 5.75 Å². The topological polar surface area (TPSA) is 63.6 Å². The minimum absolute atomic E-state index is 0.283. The van der Waals surface area contributed by atoms with E-state index in [1.165, 1.54) is 11.8 Å². The number of carbonyl (C=O) groups excluding carboxylic acids is 2. The van der Waals surface area contributed by atoms with Crippen LogP contribution in [0.3, 0.4) is 0 Å². The molecule has 2 aromatic carbocycles. The monoisotopic (exact) mass is 437 g/mol. The molecule has 8 heteroatoms. The number of nitrogens with zero attached hydrogens (tertiary/aromatic N) is 2. The summed E-state index contributed by atoms with van der Waals surface area (Å²) < 4.78 is 7.47. The number of fused-ring (bicyclic) bond motifs is 1. The van der Waals surface area contributed by atoms with Crippen LogP contribution in [-0.2, 0) is 11.8 Å². The second-order valence-corrected chi connectivity index (χ2v) is 8.44. The van der Waals surface area contributed by atoms with Gasteiger partial charge in [-0.3, -0.25) is 15.0 Å². The summed E-state index contributed by atoms with van der Waals surface area (Å²) >= 11 is 6.51. The van der Waals surface area contributed by atoms with Crippen molar-refractivity contribution in [3.05, 3.63) is 70.3 Å². The highest BCUT2D eigenvalue weighted by Crippen LogP contribution is 2.34. The molecule has 30 heavy (non-hydrogen) atoms. The second kappa shape index (κ2) is 7.97. The Morgan fingerprint density at radius 2 is 1.87 bits per heavy atom. The molecule has 0 bridgehead atoms. The van der Waals surface area contributed by atoms with Crippen LogP contribution in [0.25, 0.3) is 17.0 Å². The molecular formula is C22H19N3O3S2. The molecule has 0 spiro atoms. The fourth-order valence-electron chi connectivity index (χ4n) is 3.34. The maximum absolute atomic E-state index is 12.9. The first kappa shape index (κ1) is 20.2. The molecule has 1 fully saturated rings. The summed E-state index contributed by atoms with van der Waals surface area (Å²) in [5, 5.41) is 2.18. The van der Waals surface area contributed by atoms with Gasteiger partial charge in [-0.2, -0.15) is 5.01 Å². The first-order chi connectivity index (χ1) is 14.4. The van der Waals surface area contributed by atoms with Gasteiger partial charge in [0.2, 0.25) is 0 Å². The zero-order chi connectivity index (χ0) is 21.4. The maximum Gasteiger partial charge on any atom is 0.285 e. The minimum atomic E-state index is -0.420. The smallest absolute Gasteiger partial charge is 0.285 e. The highest BCUT2D eigenvalue weighted by molar-refractivity contribution is 8.26. The summed E-state index contributed by atoms with van der Waals surface area (Å²) in [5.74, 6) is -0.124. The molecule has 0 radical (unpaired) electrons. The minimum Gasteiger partial charge on any atom is -0.497 e. The van der Waals surface area contributed by atoms with E-state index in [0.29, 0.717) is 16.2 Å². The van der Waals surface area contributed by atoms with E-state index in [0.717, 1.165) is 27.2 Å². The van der Waals surface area contributed by atoms with Crippen molar-refractivity contribution in [3.63, 3.8) is 0 Å². The number of aromatic nitrogens is 1. The predicted molar refractivity (Wildman–Crippen MR) is 123 cm³/mol. The quantitative estimate of drug-likeness (QED) is 0.493. The van der Waals surface area contributed by atoms with Crippen LogP contribution in [0, 0.1) is 6.92 Å². The van der Waals surface area contributed by atoms with Gasteiger partial charge < -0.3 is 9.30 Å². The van der Waals surface area contributed by atoms with E-state index in [-0.39, 0.29) is 10.2 Å². The second-order valence-electron chi connectivity index (χ2n) is 6.76. The molecule has 4 rings (SSSR count). The summed E-state index contributed by atoms with van der Waals surface area (Å²) in [7, 11) is 3.55. The molecule has 1 saturated heterocycles. The first-order valence-electron chi connectivity index (χ1n) is 9.17. The maximum atomic E-state index is 12.9. The zero-order valence-electron chi connectivity index (χ0n) is 16.6.